The van der Waals surface area contributed by atoms with Crippen LogP contribution in [-0.4, -0.2) is 51.6 Å². The molecule has 4 N–H and O–H groups in total. The molecule has 6 atom stereocenters. The second-order valence-corrected chi connectivity index (χ2v) is 14.5. The van der Waals surface area contributed by atoms with E-state index in [-0.39, 0.29) is 39.7 Å². The van der Waals surface area contributed by atoms with Gasteiger partial charge in [0.05, 0.1) is 26.5 Å². The maximum atomic E-state index is 13.9. The number of pyridine rings is 1. The predicted octanol–water partition coefficient (Wildman–Crippen LogP) is 4.93. The summed E-state index contributed by atoms with van der Waals surface area (Å²) < 4.78 is 54.6. The van der Waals surface area contributed by atoms with Crippen molar-refractivity contribution in [1.82, 2.24) is 4.98 Å². The number of rotatable bonds is 8. The topological polar surface area (TPSA) is 137 Å². The number of sulfone groups is 1. The molecule has 8 nitrogen and oxygen atoms in total. The Morgan fingerprint density at radius 3 is 2.33 bits per heavy atom. The van der Waals surface area contributed by atoms with Crippen LogP contribution in [0, 0.1) is 23.5 Å². The summed E-state index contributed by atoms with van der Waals surface area (Å²) in [5, 5.41) is 35.5. The number of aromatic nitrogens is 1. The minimum absolute atomic E-state index is 0.0124. The highest BCUT2D eigenvalue weighted by atomic mass is 35.5. The highest BCUT2D eigenvalue weighted by molar-refractivity contribution is 7.92. The average Bonchev–Trinajstić information content (AvgIpc) is 3.82. The number of nitrogens with one attached hydrogen (secondary N) is 1. The first kappa shape index (κ1) is 30.1. The van der Waals surface area contributed by atoms with E-state index in [1.54, 1.807) is 12.1 Å². The SMILES string of the molecule is O=C(Nc1ccc(F)c(F)c1)c1ccc(Cl)c(S(=O)(=O)C2CC3CC[C@@H](C2)[C@@]3(O)C(O)C(O)c2cccc(C3CC3)n2)c1. The lowest BCUT2D eigenvalue weighted by Crippen LogP contribution is -2.57. The molecule has 1 aromatic heterocycles. The van der Waals surface area contributed by atoms with Crippen LogP contribution in [0.4, 0.5) is 14.5 Å². The van der Waals surface area contributed by atoms with Gasteiger partial charge in [-0.1, -0.05) is 17.7 Å². The van der Waals surface area contributed by atoms with E-state index in [2.05, 4.69) is 10.3 Å². The number of amides is 1. The maximum Gasteiger partial charge on any atom is 0.255 e. The van der Waals surface area contributed by atoms with Crippen LogP contribution in [0.2, 0.25) is 5.02 Å². The lowest BCUT2D eigenvalue weighted by molar-refractivity contribution is -0.178. The molecule has 0 spiro atoms. The number of anilines is 1. The number of nitrogens with zero attached hydrogens (tertiary/aromatic N) is 1. The average molecular weight is 633 g/mol. The number of aliphatic hydroxyl groups excluding tert-OH is 2. The Morgan fingerprint density at radius 2 is 1.67 bits per heavy atom. The molecule has 3 fully saturated rings. The molecule has 3 aromatic rings. The normalized spacial score (nSPS) is 26.6. The zero-order chi connectivity index (χ0) is 30.7. The fourth-order valence-electron chi connectivity index (χ4n) is 6.75. The number of hydrogen-bond donors (Lipinski definition) is 4. The van der Waals surface area contributed by atoms with Crippen LogP contribution in [0.15, 0.2) is 59.5 Å². The van der Waals surface area contributed by atoms with Crippen molar-refractivity contribution < 1.29 is 37.3 Å². The molecule has 12 heteroatoms. The smallest absolute Gasteiger partial charge is 0.255 e. The molecular weight excluding hydrogens is 602 g/mol. The van der Waals surface area contributed by atoms with Crippen molar-refractivity contribution in [1.29, 1.82) is 0 Å². The Morgan fingerprint density at radius 1 is 0.977 bits per heavy atom. The van der Waals surface area contributed by atoms with Crippen LogP contribution in [0.25, 0.3) is 0 Å². The fourth-order valence-corrected chi connectivity index (χ4v) is 9.15. The summed E-state index contributed by atoms with van der Waals surface area (Å²) in [6.07, 6.45) is 0.0116. The minimum atomic E-state index is -4.11. The van der Waals surface area contributed by atoms with Gasteiger partial charge in [0.25, 0.3) is 5.91 Å². The van der Waals surface area contributed by atoms with Gasteiger partial charge in [-0.2, -0.15) is 0 Å². The van der Waals surface area contributed by atoms with Crippen molar-refractivity contribution in [2.45, 2.75) is 72.4 Å². The van der Waals surface area contributed by atoms with Gasteiger partial charge in [0.2, 0.25) is 0 Å². The van der Waals surface area contributed by atoms with Crippen molar-refractivity contribution in [2.24, 2.45) is 11.8 Å². The second kappa shape index (κ2) is 11.2. The highest BCUT2D eigenvalue weighted by Crippen LogP contribution is 2.55. The van der Waals surface area contributed by atoms with Crippen molar-refractivity contribution in [2.75, 3.05) is 5.32 Å². The zero-order valence-electron chi connectivity index (χ0n) is 23.0. The molecule has 3 aliphatic carbocycles. The first-order valence-corrected chi connectivity index (χ1v) is 16.2. The molecule has 0 saturated heterocycles. The van der Waals surface area contributed by atoms with Crippen LogP contribution in [0.1, 0.15) is 72.3 Å². The molecule has 43 heavy (non-hydrogen) atoms. The molecule has 1 heterocycles. The number of hydrogen-bond acceptors (Lipinski definition) is 7. The van der Waals surface area contributed by atoms with Gasteiger partial charge in [0.1, 0.15) is 12.2 Å². The van der Waals surface area contributed by atoms with Gasteiger partial charge in [-0.3, -0.25) is 9.78 Å². The lowest BCUT2D eigenvalue weighted by Gasteiger charge is -2.46. The number of halogens is 3. The van der Waals surface area contributed by atoms with Crippen molar-refractivity contribution in [3.8, 4) is 0 Å². The summed E-state index contributed by atoms with van der Waals surface area (Å²) in [4.78, 5) is 17.1. The molecule has 0 aliphatic heterocycles. The van der Waals surface area contributed by atoms with E-state index in [9.17, 15) is 37.3 Å². The van der Waals surface area contributed by atoms with E-state index in [0.717, 1.165) is 36.7 Å². The van der Waals surface area contributed by atoms with Crippen molar-refractivity contribution in [3.05, 3.63) is 88.2 Å². The molecule has 2 aromatic carbocycles. The Kier molecular flexibility index (Phi) is 7.83. The third-order valence-corrected chi connectivity index (χ3v) is 11.9. The number of carbonyl (C=O) groups is 1. The van der Waals surface area contributed by atoms with Gasteiger partial charge in [0.15, 0.2) is 21.5 Å². The summed E-state index contributed by atoms with van der Waals surface area (Å²) in [6.45, 7) is 0. The largest absolute Gasteiger partial charge is 0.387 e. The van der Waals surface area contributed by atoms with E-state index in [1.165, 1.54) is 18.2 Å². The maximum absolute atomic E-state index is 13.9. The molecule has 3 saturated carbocycles. The van der Waals surface area contributed by atoms with Crippen LogP contribution in [-0.2, 0) is 9.84 Å². The Balaban J connectivity index is 1.21. The molecular formula is C31H31ClF2N2O6S. The summed E-state index contributed by atoms with van der Waals surface area (Å²) in [6, 6.07) is 11.9. The molecule has 228 valence electrons. The van der Waals surface area contributed by atoms with Crippen LogP contribution < -0.4 is 5.32 Å². The number of carbonyl (C=O) groups excluding carboxylic acids is 1. The quantitative estimate of drug-likeness (QED) is 0.276. The van der Waals surface area contributed by atoms with Crippen molar-refractivity contribution in [3.63, 3.8) is 0 Å². The lowest BCUT2D eigenvalue weighted by atomic mass is 9.69. The molecule has 3 aliphatic rings. The monoisotopic (exact) mass is 632 g/mol. The van der Waals surface area contributed by atoms with Crippen LogP contribution in [0.3, 0.4) is 0 Å². The fraction of sp³-hybridized carbons (Fsp3) is 0.419. The standard InChI is InChI=1S/C31H31ClF2N2O6S/c32-22-10-6-17(30(39)35-20-9-11-23(33)24(34)15-20)12-27(22)43(41,42)21-13-18-7-8-19(14-21)31(18,40)29(38)28(37)26-3-1-2-25(36-26)16-4-5-16/h1-3,6,9-12,15-16,18-19,21,28-29,37-38,40H,4-5,7-8,13-14H2,(H,35,39)/t18-,19?,21?,28?,29?,31-/m0/s1. The number of aliphatic hydroxyl groups is 3. The second-order valence-electron chi connectivity index (χ2n) is 11.9. The van der Waals surface area contributed by atoms with Gasteiger partial charge in [-0.05, 0) is 92.8 Å². The highest BCUT2D eigenvalue weighted by Gasteiger charge is 2.60. The van der Waals surface area contributed by atoms with E-state index in [1.807, 2.05) is 6.07 Å². The zero-order valence-corrected chi connectivity index (χ0v) is 24.5. The third-order valence-electron chi connectivity index (χ3n) is 9.25. The van der Waals surface area contributed by atoms with E-state index < -0.39 is 62.3 Å². The van der Waals surface area contributed by atoms with Crippen LogP contribution >= 0.6 is 11.6 Å². The molecule has 6 rings (SSSR count). The molecule has 1 amide bonds. The van der Waals surface area contributed by atoms with Gasteiger partial charge < -0.3 is 20.6 Å². The number of fused-ring (bicyclic) bond motifs is 2. The third kappa shape index (κ3) is 5.46. The Hall–Kier alpha value is -2.96. The van der Waals surface area contributed by atoms with Crippen LogP contribution in [0.5, 0.6) is 0 Å². The van der Waals surface area contributed by atoms with Gasteiger partial charge in [-0.25, -0.2) is 17.2 Å². The van der Waals surface area contributed by atoms with Crippen molar-refractivity contribution >= 4 is 33.0 Å². The van der Waals surface area contributed by atoms with Gasteiger partial charge >= 0.3 is 0 Å². The van der Waals surface area contributed by atoms with E-state index in [4.69, 9.17) is 11.6 Å². The summed E-state index contributed by atoms with van der Waals surface area (Å²) in [7, 11) is -4.11. The van der Waals surface area contributed by atoms with E-state index >= 15 is 0 Å². The summed E-state index contributed by atoms with van der Waals surface area (Å²) in [5.41, 5.74) is -0.668. The van der Waals surface area contributed by atoms with Gasteiger partial charge in [-0.15, -0.1) is 0 Å². The molecule has 0 radical (unpaired) electrons. The van der Waals surface area contributed by atoms with Gasteiger partial charge in [0, 0.05) is 28.9 Å². The first-order valence-electron chi connectivity index (χ1n) is 14.2. The summed E-state index contributed by atoms with van der Waals surface area (Å²) >= 11 is 6.32. The summed E-state index contributed by atoms with van der Waals surface area (Å²) in [5.74, 6) is -3.85. The number of benzene rings is 2. The minimum Gasteiger partial charge on any atom is -0.387 e. The predicted molar refractivity (Wildman–Crippen MR) is 154 cm³/mol. The van der Waals surface area contributed by atoms with E-state index in [0.29, 0.717) is 18.8 Å². The molecule has 4 unspecified atom stereocenters. The Bertz CT molecular complexity index is 1670. The first-order chi connectivity index (χ1) is 20.4. The Labute approximate surface area is 252 Å². The molecule has 2 bridgehead atoms.